The van der Waals surface area contributed by atoms with Crippen LogP contribution in [0.1, 0.15) is 23.1 Å². The first-order valence-electron chi connectivity index (χ1n) is 7.28. The summed E-state index contributed by atoms with van der Waals surface area (Å²) in [5.74, 6) is 0. The van der Waals surface area contributed by atoms with Gasteiger partial charge in [-0.15, -0.1) is 0 Å². The van der Waals surface area contributed by atoms with Crippen molar-refractivity contribution in [3.8, 4) is 12.1 Å². The van der Waals surface area contributed by atoms with Gasteiger partial charge in [0.25, 0.3) is 0 Å². The number of aromatic nitrogens is 1. The normalized spacial score (nSPS) is 10.6. The zero-order valence-corrected chi connectivity index (χ0v) is 12.4. The molecule has 5 nitrogen and oxygen atoms in total. The minimum absolute atomic E-state index is 0.0219. The molecule has 112 valence electrons. The van der Waals surface area contributed by atoms with Crippen molar-refractivity contribution in [2.75, 3.05) is 6.61 Å². The lowest BCUT2D eigenvalue weighted by Gasteiger charge is -2.14. The first kappa shape index (κ1) is 14.8. The Morgan fingerprint density at radius 1 is 1.00 bits per heavy atom. The zero-order chi connectivity index (χ0) is 16.4. The third-order valence-corrected chi connectivity index (χ3v) is 3.97. The van der Waals surface area contributed by atoms with E-state index in [1.54, 1.807) is 4.40 Å². The molecule has 0 saturated heterocycles. The number of fused-ring (bicyclic) bond motifs is 3. The maximum atomic E-state index is 9.60. The van der Waals surface area contributed by atoms with Crippen LogP contribution in [-0.4, -0.2) is 16.1 Å². The summed E-state index contributed by atoms with van der Waals surface area (Å²) in [5.41, 5.74) is 2.62. The average Bonchev–Trinajstić information content (AvgIpc) is 2.59. The van der Waals surface area contributed by atoms with Crippen molar-refractivity contribution in [1.29, 1.82) is 15.9 Å². The molecular weight excluding hydrogens is 288 g/mol. The summed E-state index contributed by atoms with van der Waals surface area (Å²) < 4.78 is 1.65. The van der Waals surface area contributed by atoms with Crippen molar-refractivity contribution < 1.29 is 5.11 Å². The Morgan fingerprint density at radius 2 is 1.74 bits per heavy atom. The average molecular weight is 302 g/mol. The van der Waals surface area contributed by atoms with Gasteiger partial charge in [-0.25, -0.2) is 0 Å². The van der Waals surface area contributed by atoms with E-state index in [0.29, 0.717) is 29.5 Å². The predicted molar refractivity (Wildman–Crippen MR) is 85.6 cm³/mol. The minimum atomic E-state index is -0.0219. The zero-order valence-electron chi connectivity index (χ0n) is 12.4. The number of nitrogens with zero attached hydrogens (tertiary/aromatic N) is 3. The van der Waals surface area contributed by atoms with E-state index < -0.39 is 0 Å². The van der Waals surface area contributed by atoms with E-state index >= 15 is 0 Å². The van der Waals surface area contributed by atoms with Gasteiger partial charge in [-0.1, -0.05) is 24.3 Å². The first-order valence-corrected chi connectivity index (χ1v) is 7.28. The third-order valence-electron chi connectivity index (χ3n) is 3.97. The van der Waals surface area contributed by atoms with Crippen LogP contribution >= 0.6 is 0 Å². The van der Waals surface area contributed by atoms with Crippen LogP contribution in [0.25, 0.3) is 16.4 Å². The minimum Gasteiger partial charge on any atom is -0.396 e. The highest BCUT2D eigenvalue weighted by atomic mass is 16.2. The molecule has 3 rings (SSSR count). The molecule has 0 fully saturated rings. The summed E-state index contributed by atoms with van der Waals surface area (Å²) in [5, 5.41) is 37.5. The van der Waals surface area contributed by atoms with Crippen LogP contribution in [0.4, 0.5) is 0 Å². The fraction of sp³-hybridized carbons (Fsp3) is 0.167. The molecule has 2 aromatic heterocycles. The quantitative estimate of drug-likeness (QED) is 0.726. The maximum absolute atomic E-state index is 9.60. The molecule has 0 aliphatic heterocycles. The molecule has 0 aliphatic rings. The first-order chi connectivity index (χ1) is 11.2. The van der Waals surface area contributed by atoms with Crippen molar-refractivity contribution in [3.05, 3.63) is 58.6 Å². The molecule has 2 heterocycles. The SMILES string of the molecule is N#Cc1c(CCCO)c(C#N)c2ccc3ccccc3n2c1=N. The summed E-state index contributed by atoms with van der Waals surface area (Å²) in [6, 6.07) is 15.5. The maximum Gasteiger partial charge on any atom is 0.148 e. The third kappa shape index (κ3) is 2.24. The molecule has 2 N–H and O–H groups in total. The van der Waals surface area contributed by atoms with Gasteiger partial charge in [0.05, 0.1) is 22.2 Å². The van der Waals surface area contributed by atoms with Gasteiger partial charge < -0.3 is 5.11 Å². The summed E-state index contributed by atoms with van der Waals surface area (Å²) in [4.78, 5) is 0. The number of aliphatic hydroxyl groups is 1. The Labute approximate surface area is 132 Å². The number of hydrogen-bond donors (Lipinski definition) is 2. The smallest absolute Gasteiger partial charge is 0.148 e. The fourth-order valence-electron chi connectivity index (χ4n) is 2.93. The fourth-order valence-corrected chi connectivity index (χ4v) is 2.93. The van der Waals surface area contributed by atoms with Crippen molar-refractivity contribution in [1.82, 2.24) is 4.40 Å². The number of nitrogens with one attached hydrogen (secondary N) is 1. The lowest BCUT2D eigenvalue weighted by Crippen LogP contribution is -2.22. The van der Waals surface area contributed by atoms with E-state index in [9.17, 15) is 10.5 Å². The topological polar surface area (TPSA) is 96.1 Å². The Balaban J connectivity index is 2.54. The predicted octanol–water partition coefficient (Wildman–Crippen LogP) is 2.24. The van der Waals surface area contributed by atoms with Crippen LogP contribution in [0.15, 0.2) is 36.4 Å². The molecule has 23 heavy (non-hydrogen) atoms. The van der Waals surface area contributed by atoms with Crippen LogP contribution < -0.4 is 5.49 Å². The van der Waals surface area contributed by atoms with Gasteiger partial charge in [-0.2, -0.15) is 10.5 Å². The number of benzene rings is 1. The summed E-state index contributed by atoms with van der Waals surface area (Å²) in [6.45, 7) is -0.0219. The molecule has 0 saturated carbocycles. The van der Waals surface area contributed by atoms with Crippen molar-refractivity contribution in [2.24, 2.45) is 0 Å². The van der Waals surface area contributed by atoms with Crippen LogP contribution in [-0.2, 0) is 6.42 Å². The second-order valence-corrected chi connectivity index (χ2v) is 5.24. The van der Waals surface area contributed by atoms with Crippen molar-refractivity contribution in [3.63, 3.8) is 0 Å². The lowest BCUT2D eigenvalue weighted by molar-refractivity contribution is 0.288. The number of rotatable bonds is 3. The molecule has 0 atom stereocenters. The molecule has 0 amide bonds. The lowest BCUT2D eigenvalue weighted by atomic mass is 9.97. The van der Waals surface area contributed by atoms with Crippen LogP contribution in [0.2, 0.25) is 0 Å². The van der Waals surface area contributed by atoms with Gasteiger partial charge in [0.1, 0.15) is 17.6 Å². The Kier molecular flexibility index (Phi) is 3.80. The van der Waals surface area contributed by atoms with Gasteiger partial charge in [-0.05, 0) is 35.9 Å². The second kappa shape index (κ2) is 5.92. The van der Waals surface area contributed by atoms with E-state index in [2.05, 4.69) is 12.1 Å². The molecule has 0 unspecified atom stereocenters. The molecule has 5 heteroatoms. The summed E-state index contributed by atoms with van der Waals surface area (Å²) in [7, 11) is 0. The monoisotopic (exact) mass is 302 g/mol. The second-order valence-electron chi connectivity index (χ2n) is 5.24. The standard InChI is InChI=1S/C18H14N4O/c19-10-14-13(5-3-9-23)15(11-20)18(21)22-16-6-2-1-4-12(16)7-8-17(14)22/h1-2,4,6-8,21,23H,3,5,9H2. The molecule has 0 spiro atoms. The van der Waals surface area contributed by atoms with E-state index in [1.807, 2.05) is 36.4 Å². The van der Waals surface area contributed by atoms with Crippen molar-refractivity contribution >= 4 is 16.4 Å². The summed E-state index contributed by atoms with van der Waals surface area (Å²) >= 11 is 0. The number of nitriles is 2. The highest BCUT2D eigenvalue weighted by molar-refractivity contribution is 5.84. The molecular formula is C18H14N4O. The van der Waals surface area contributed by atoms with E-state index in [0.717, 1.165) is 10.9 Å². The van der Waals surface area contributed by atoms with Gasteiger partial charge in [0, 0.05) is 6.61 Å². The van der Waals surface area contributed by atoms with Crippen LogP contribution in [0.5, 0.6) is 0 Å². The molecule has 0 radical (unpaired) electrons. The molecule has 0 bridgehead atoms. The molecule has 3 aromatic rings. The number of hydrogen-bond acceptors (Lipinski definition) is 4. The van der Waals surface area contributed by atoms with Gasteiger partial charge in [0.15, 0.2) is 0 Å². The van der Waals surface area contributed by atoms with Gasteiger partial charge in [0.2, 0.25) is 0 Å². The van der Waals surface area contributed by atoms with E-state index in [-0.39, 0.29) is 17.7 Å². The van der Waals surface area contributed by atoms with E-state index in [4.69, 9.17) is 10.5 Å². The highest BCUT2D eigenvalue weighted by Gasteiger charge is 2.17. The Bertz CT molecular complexity index is 1050. The molecule has 0 aliphatic carbocycles. The largest absolute Gasteiger partial charge is 0.396 e. The number of para-hydroxylation sites is 1. The van der Waals surface area contributed by atoms with E-state index in [1.165, 1.54) is 0 Å². The van der Waals surface area contributed by atoms with Crippen molar-refractivity contribution in [2.45, 2.75) is 12.8 Å². The molecule has 1 aromatic carbocycles. The number of pyridine rings is 2. The van der Waals surface area contributed by atoms with Crippen LogP contribution in [0, 0.1) is 28.1 Å². The number of aliphatic hydroxyl groups excluding tert-OH is 1. The highest BCUT2D eigenvalue weighted by Crippen LogP contribution is 2.22. The van der Waals surface area contributed by atoms with Crippen LogP contribution in [0.3, 0.4) is 0 Å². The van der Waals surface area contributed by atoms with Gasteiger partial charge in [-0.3, -0.25) is 9.81 Å². The van der Waals surface area contributed by atoms with Gasteiger partial charge >= 0.3 is 0 Å². The summed E-state index contributed by atoms with van der Waals surface area (Å²) in [6.07, 6.45) is 0.851. The Hall–Kier alpha value is -3.15. The Morgan fingerprint density at radius 3 is 2.43 bits per heavy atom.